The Labute approximate surface area is 163 Å². The van der Waals surface area contributed by atoms with Crippen molar-refractivity contribution >= 4 is 17.6 Å². The molecule has 0 atom stereocenters. The Balaban J connectivity index is 1.72. The minimum Gasteiger partial charge on any atom is -0.351 e. The molecule has 27 heavy (non-hydrogen) atoms. The minimum atomic E-state index is 1.11. The molecule has 0 aromatic heterocycles. The second kappa shape index (κ2) is 12.0. The monoisotopic (exact) mass is 354 g/mol. The van der Waals surface area contributed by atoms with E-state index in [-0.39, 0.29) is 0 Å². The van der Waals surface area contributed by atoms with E-state index in [0.29, 0.717) is 0 Å². The Hall–Kier alpha value is -3.39. The first-order chi connectivity index (χ1) is 13.3. The van der Waals surface area contributed by atoms with Gasteiger partial charge in [0.2, 0.25) is 0 Å². The topological polar surface area (TPSA) is 6.25 Å². The van der Waals surface area contributed by atoms with Crippen LogP contribution < -0.4 is 4.90 Å². The molecule has 0 unspecified atom stereocenters. The molecule has 2 nitrogen and oxygen atoms in total. The van der Waals surface area contributed by atoms with Crippen LogP contribution in [0.4, 0.5) is 11.4 Å². The third-order valence-electron chi connectivity index (χ3n) is 3.76. The van der Waals surface area contributed by atoms with Gasteiger partial charge in [-0.3, -0.25) is 0 Å². The quantitative estimate of drug-likeness (QED) is 0.252. The summed E-state index contributed by atoms with van der Waals surface area (Å²) in [5.74, 6) is 0. The molecule has 0 saturated heterocycles. The molecular weight excluding hydrogens is 328 g/mol. The summed E-state index contributed by atoms with van der Waals surface area (Å²) in [6, 6.07) is 20.4. The summed E-state index contributed by atoms with van der Waals surface area (Å²) < 4.78 is 1.96. The zero-order valence-electron chi connectivity index (χ0n) is 15.9. The largest absolute Gasteiger partial charge is 0.351 e. The van der Waals surface area contributed by atoms with Crippen molar-refractivity contribution in [1.29, 1.82) is 0 Å². The van der Waals surface area contributed by atoms with Gasteiger partial charge in [-0.15, -0.1) is 12.2 Å². The van der Waals surface area contributed by atoms with Gasteiger partial charge in [0, 0.05) is 18.9 Å². The lowest BCUT2D eigenvalue weighted by atomic mass is 10.3. The highest BCUT2D eigenvalue weighted by atomic mass is 15.1. The highest BCUT2D eigenvalue weighted by Gasteiger charge is 1.92. The van der Waals surface area contributed by atoms with Gasteiger partial charge in [0.15, 0.2) is 0 Å². The predicted octanol–water partition coefficient (Wildman–Crippen LogP) is 5.78. The van der Waals surface area contributed by atoms with Gasteiger partial charge < -0.3 is 9.48 Å². The standard InChI is InChI=1S/C25H26N2/c1-26(24-18-12-10-13-19-24)22-16-8-6-4-3-5-7-9-17-23-27(2)25-20-14-11-15-21-25/h3-22H,1-2H3/b4-3+,7-5+,8-6+,17-9+,22-16?. The van der Waals surface area contributed by atoms with E-state index in [9.17, 15) is 0 Å². The van der Waals surface area contributed by atoms with Crippen LogP contribution in [0.1, 0.15) is 0 Å². The molecule has 0 aliphatic rings. The van der Waals surface area contributed by atoms with E-state index in [1.165, 1.54) is 5.69 Å². The van der Waals surface area contributed by atoms with Crippen LogP contribution in [0.25, 0.3) is 0 Å². The predicted molar refractivity (Wildman–Crippen MR) is 118 cm³/mol. The molecule has 0 aliphatic heterocycles. The maximum Gasteiger partial charge on any atom is 0.115 e. The van der Waals surface area contributed by atoms with Gasteiger partial charge in [0.05, 0.1) is 0 Å². The lowest BCUT2D eigenvalue weighted by molar-refractivity contribution is -0.398. The van der Waals surface area contributed by atoms with Crippen molar-refractivity contribution in [2.24, 2.45) is 0 Å². The highest BCUT2D eigenvalue weighted by molar-refractivity contribution is 5.68. The Morgan fingerprint density at radius 3 is 1.85 bits per heavy atom. The summed E-state index contributed by atoms with van der Waals surface area (Å²) >= 11 is 0. The molecule has 0 amide bonds. The van der Waals surface area contributed by atoms with Crippen LogP contribution in [0, 0.1) is 0 Å². The van der Waals surface area contributed by atoms with Gasteiger partial charge in [0.25, 0.3) is 0 Å². The van der Waals surface area contributed by atoms with Crippen LogP contribution >= 0.6 is 0 Å². The van der Waals surface area contributed by atoms with Crippen molar-refractivity contribution in [3.8, 4) is 0 Å². The molecule has 2 aromatic carbocycles. The summed E-state index contributed by atoms with van der Waals surface area (Å²) in [6.07, 6.45) is 23.1. The van der Waals surface area contributed by atoms with Crippen molar-refractivity contribution < 1.29 is 4.58 Å². The first kappa shape index (κ1) is 19.9. The van der Waals surface area contributed by atoms with E-state index >= 15 is 0 Å². The summed E-state index contributed by atoms with van der Waals surface area (Å²) in [6.45, 7) is 0. The summed E-state index contributed by atoms with van der Waals surface area (Å²) in [5.41, 5.74) is 2.28. The summed E-state index contributed by atoms with van der Waals surface area (Å²) in [4.78, 5) is 2.08. The van der Waals surface area contributed by atoms with E-state index in [2.05, 4.69) is 35.4 Å². The Bertz CT molecular complexity index is 838. The van der Waals surface area contributed by atoms with E-state index in [0.717, 1.165) is 5.69 Å². The van der Waals surface area contributed by atoms with E-state index in [1.54, 1.807) is 0 Å². The van der Waals surface area contributed by atoms with Crippen molar-refractivity contribution in [1.82, 2.24) is 0 Å². The van der Waals surface area contributed by atoms with Gasteiger partial charge in [-0.1, -0.05) is 66.8 Å². The van der Waals surface area contributed by atoms with Gasteiger partial charge >= 0.3 is 0 Å². The fraction of sp³-hybridized carbons (Fsp3) is 0.0800. The Kier molecular flexibility index (Phi) is 8.89. The highest BCUT2D eigenvalue weighted by Crippen LogP contribution is 2.10. The lowest BCUT2D eigenvalue weighted by Gasteiger charge is -2.12. The SMILES string of the molecule is CN(C=C/C=C/C=C/C=C/C=C/[C-]=[N+](C)c1ccccc1)c1ccccc1. The molecular formula is C25H26N2. The minimum absolute atomic E-state index is 1.11. The fourth-order valence-corrected chi connectivity index (χ4v) is 2.25. The van der Waals surface area contributed by atoms with Gasteiger partial charge in [-0.05, 0) is 30.3 Å². The van der Waals surface area contributed by atoms with Gasteiger partial charge in [-0.2, -0.15) is 6.08 Å². The molecule has 2 rings (SSSR count). The van der Waals surface area contributed by atoms with E-state index in [1.807, 2.05) is 116 Å². The second-order valence-electron chi connectivity index (χ2n) is 5.83. The maximum absolute atomic E-state index is 3.19. The number of para-hydroxylation sites is 2. The number of hydrogen-bond acceptors (Lipinski definition) is 1. The summed E-state index contributed by atoms with van der Waals surface area (Å²) in [7, 11) is 4.02. The number of nitrogens with zero attached hydrogens (tertiary/aromatic N) is 2. The molecule has 136 valence electrons. The van der Waals surface area contributed by atoms with Gasteiger partial charge in [0.1, 0.15) is 18.9 Å². The van der Waals surface area contributed by atoms with Crippen molar-refractivity contribution in [3.05, 3.63) is 122 Å². The van der Waals surface area contributed by atoms with Crippen molar-refractivity contribution in [3.63, 3.8) is 0 Å². The fourth-order valence-electron chi connectivity index (χ4n) is 2.25. The van der Waals surface area contributed by atoms with Crippen LogP contribution in [0.5, 0.6) is 0 Å². The smallest absolute Gasteiger partial charge is 0.115 e. The van der Waals surface area contributed by atoms with Crippen LogP contribution in [-0.2, 0) is 0 Å². The van der Waals surface area contributed by atoms with Gasteiger partial charge in [-0.25, -0.2) is 0 Å². The average molecular weight is 354 g/mol. The summed E-state index contributed by atoms with van der Waals surface area (Å²) in [5, 5.41) is 0. The van der Waals surface area contributed by atoms with Crippen molar-refractivity contribution in [2.75, 3.05) is 19.0 Å². The zero-order chi connectivity index (χ0) is 19.2. The Morgan fingerprint density at radius 2 is 1.22 bits per heavy atom. The number of allylic oxidation sites excluding steroid dienone is 9. The van der Waals surface area contributed by atoms with Crippen LogP contribution in [0.2, 0.25) is 0 Å². The molecule has 0 fully saturated rings. The zero-order valence-corrected chi connectivity index (χ0v) is 15.9. The Morgan fingerprint density at radius 1 is 0.704 bits per heavy atom. The van der Waals surface area contributed by atoms with E-state index in [4.69, 9.17) is 0 Å². The van der Waals surface area contributed by atoms with E-state index < -0.39 is 0 Å². The molecule has 2 heteroatoms. The number of benzene rings is 2. The molecule has 0 radical (unpaired) electrons. The molecule has 0 aliphatic carbocycles. The average Bonchev–Trinajstić information content (AvgIpc) is 2.73. The number of hydrogen-bond donors (Lipinski definition) is 0. The maximum atomic E-state index is 3.19. The molecule has 2 aromatic rings. The number of anilines is 1. The lowest BCUT2D eigenvalue weighted by Crippen LogP contribution is -2.06. The number of rotatable bonds is 8. The molecule has 0 N–H and O–H groups in total. The second-order valence-corrected chi connectivity index (χ2v) is 5.83. The first-order valence-electron chi connectivity index (χ1n) is 8.93. The molecule has 0 saturated carbocycles. The van der Waals surface area contributed by atoms with Crippen LogP contribution in [0.3, 0.4) is 0 Å². The van der Waals surface area contributed by atoms with Crippen molar-refractivity contribution in [2.45, 2.75) is 0 Å². The molecule has 0 heterocycles. The van der Waals surface area contributed by atoms with Crippen LogP contribution in [-0.4, -0.2) is 24.9 Å². The normalized spacial score (nSPS) is 13.0. The first-order valence-corrected chi connectivity index (χ1v) is 8.93. The third kappa shape index (κ3) is 8.02. The molecule has 0 bridgehead atoms. The molecule has 0 spiro atoms. The van der Waals surface area contributed by atoms with Crippen LogP contribution in [0.15, 0.2) is 122 Å². The third-order valence-corrected chi connectivity index (χ3v) is 3.76.